The van der Waals surface area contributed by atoms with E-state index in [0.29, 0.717) is 0 Å². The van der Waals surface area contributed by atoms with Crippen LogP contribution >= 0.6 is 0 Å². The van der Waals surface area contributed by atoms with Gasteiger partial charge in [0, 0.05) is 0 Å². The van der Waals surface area contributed by atoms with Gasteiger partial charge in [-0.15, -0.1) is 0 Å². The number of nitrogens with zero attached hydrogens (tertiary/aromatic N) is 2. The number of hydrogen-bond donors (Lipinski definition) is 0. The maximum absolute atomic E-state index is 8.61. The Morgan fingerprint density at radius 3 is 2.08 bits per heavy atom. The number of hydrogen-bond acceptors (Lipinski definition) is 2. The second kappa shape index (κ2) is 4.09. The van der Waals surface area contributed by atoms with E-state index in [9.17, 15) is 0 Å². The minimum absolute atomic E-state index is 0.668. The Bertz CT molecular complexity index is 362. The van der Waals surface area contributed by atoms with Crippen molar-refractivity contribution in [3.8, 4) is 12.1 Å². The average molecular weight is 168 g/mol. The van der Waals surface area contributed by atoms with E-state index < -0.39 is 5.92 Å². The van der Waals surface area contributed by atoms with Gasteiger partial charge < -0.3 is 0 Å². The van der Waals surface area contributed by atoms with Crippen LogP contribution in [0.15, 0.2) is 30.8 Å². The summed E-state index contributed by atoms with van der Waals surface area (Å²) in [5, 5.41) is 17.2. The molecule has 0 fully saturated rings. The summed E-state index contributed by atoms with van der Waals surface area (Å²) >= 11 is 0. The van der Waals surface area contributed by atoms with Gasteiger partial charge in [-0.3, -0.25) is 0 Å². The Morgan fingerprint density at radius 2 is 1.69 bits per heavy atom. The van der Waals surface area contributed by atoms with Gasteiger partial charge in [0.1, 0.15) is 0 Å². The first-order valence-electron chi connectivity index (χ1n) is 3.83. The molecule has 0 bridgehead atoms. The zero-order valence-electron chi connectivity index (χ0n) is 7.07. The largest absolute Gasteiger partial charge is 0.196 e. The zero-order chi connectivity index (χ0) is 9.68. The van der Waals surface area contributed by atoms with E-state index >= 15 is 0 Å². The summed E-state index contributed by atoms with van der Waals surface area (Å²) in [5.41, 5.74) is 1.72. The predicted molar refractivity (Wildman–Crippen MR) is 50.5 cm³/mol. The van der Waals surface area contributed by atoms with Gasteiger partial charge in [0.15, 0.2) is 5.92 Å². The van der Waals surface area contributed by atoms with Crippen LogP contribution in [-0.2, 0) is 0 Å². The van der Waals surface area contributed by atoms with Crippen molar-refractivity contribution in [2.24, 2.45) is 0 Å². The van der Waals surface area contributed by atoms with Gasteiger partial charge in [-0.05, 0) is 11.1 Å². The van der Waals surface area contributed by atoms with Gasteiger partial charge in [-0.25, -0.2) is 0 Å². The number of rotatable bonds is 2. The van der Waals surface area contributed by atoms with Crippen molar-refractivity contribution in [3.63, 3.8) is 0 Å². The minimum atomic E-state index is -0.668. The molecule has 0 saturated heterocycles. The molecule has 2 nitrogen and oxygen atoms in total. The van der Waals surface area contributed by atoms with Gasteiger partial charge in [0.05, 0.1) is 12.1 Å². The third-order valence-electron chi connectivity index (χ3n) is 1.76. The van der Waals surface area contributed by atoms with Crippen LogP contribution in [0.5, 0.6) is 0 Å². The molecule has 0 saturated carbocycles. The van der Waals surface area contributed by atoms with Crippen molar-refractivity contribution in [1.29, 1.82) is 10.5 Å². The molecule has 62 valence electrons. The molecule has 0 N–H and O–H groups in total. The van der Waals surface area contributed by atoms with Crippen molar-refractivity contribution < 1.29 is 0 Å². The zero-order valence-corrected chi connectivity index (χ0v) is 7.07. The van der Waals surface area contributed by atoms with Crippen molar-refractivity contribution in [2.75, 3.05) is 0 Å². The molecule has 1 aromatic rings. The topological polar surface area (TPSA) is 47.6 Å². The van der Waals surface area contributed by atoms with Gasteiger partial charge in [-0.2, -0.15) is 10.5 Å². The van der Waals surface area contributed by atoms with Crippen molar-refractivity contribution in [2.45, 2.75) is 5.92 Å². The molecule has 0 unspecified atom stereocenters. The first-order valence-corrected chi connectivity index (χ1v) is 3.83. The Kier molecular flexibility index (Phi) is 2.84. The quantitative estimate of drug-likeness (QED) is 0.681. The third kappa shape index (κ3) is 1.95. The molecule has 0 spiro atoms. The molecule has 0 amide bonds. The fourth-order valence-corrected chi connectivity index (χ4v) is 1.00. The molecule has 1 aromatic carbocycles. The summed E-state index contributed by atoms with van der Waals surface area (Å²) in [6, 6.07) is 11.1. The van der Waals surface area contributed by atoms with Crippen LogP contribution in [-0.4, -0.2) is 0 Å². The van der Waals surface area contributed by atoms with E-state index in [1.54, 1.807) is 18.2 Å². The average Bonchev–Trinajstić information content (AvgIpc) is 2.21. The molecule has 0 aliphatic heterocycles. The van der Waals surface area contributed by atoms with Gasteiger partial charge in [0.25, 0.3) is 0 Å². The van der Waals surface area contributed by atoms with E-state index in [-0.39, 0.29) is 0 Å². The van der Waals surface area contributed by atoms with Crippen LogP contribution in [0.25, 0.3) is 6.08 Å². The molecule has 0 aliphatic rings. The summed E-state index contributed by atoms with van der Waals surface area (Å²) in [7, 11) is 0. The summed E-state index contributed by atoms with van der Waals surface area (Å²) in [6.07, 6.45) is 1.72. The molecule has 2 heteroatoms. The Labute approximate surface area is 77.4 Å². The fraction of sp³-hybridized carbons (Fsp3) is 0.0909. The molecular weight excluding hydrogens is 160 g/mol. The highest BCUT2D eigenvalue weighted by atomic mass is 14.3. The highest BCUT2D eigenvalue weighted by molar-refractivity contribution is 5.48. The molecule has 13 heavy (non-hydrogen) atoms. The molecule has 0 radical (unpaired) electrons. The Balaban J connectivity index is 3.00. The Morgan fingerprint density at radius 1 is 1.15 bits per heavy atom. The normalized spacial score (nSPS) is 8.85. The van der Waals surface area contributed by atoms with E-state index in [1.807, 2.05) is 24.3 Å². The summed E-state index contributed by atoms with van der Waals surface area (Å²) < 4.78 is 0. The van der Waals surface area contributed by atoms with Gasteiger partial charge >= 0.3 is 0 Å². The summed E-state index contributed by atoms with van der Waals surface area (Å²) in [5.74, 6) is -0.668. The minimum Gasteiger partial charge on any atom is -0.196 e. The highest BCUT2D eigenvalue weighted by Gasteiger charge is 2.07. The first kappa shape index (κ1) is 9.03. The van der Waals surface area contributed by atoms with Crippen LogP contribution in [0.1, 0.15) is 17.0 Å². The van der Waals surface area contributed by atoms with Crippen molar-refractivity contribution >= 4 is 6.08 Å². The van der Waals surface area contributed by atoms with E-state index in [1.165, 1.54) is 0 Å². The Hall–Kier alpha value is -2.06. The molecule has 0 atom stereocenters. The van der Waals surface area contributed by atoms with Crippen LogP contribution < -0.4 is 0 Å². The fourth-order valence-electron chi connectivity index (χ4n) is 1.00. The second-order valence-corrected chi connectivity index (χ2v) is 2.56. The van der Waals surface area contributed by atoms with Crippen molar-refractivity contribution in [3.05, 3.63) is 42.0 Å². The van der Waals surface area contributed by atoms with Crippen LogP contribution in [0.3, 0.4) is 0 Å². The molecule has 0 aromatic heterocycles. The SMILES string of the molecule is C=Cc1ccc(C(C#N)C#N)cc1. The van der Waals surface area contributed by atoms with Crippen LogP contribution in [0.4, 0.5) is 0 Å². The monoisotopic (exact) mass is 168 g/mol. The first-order chi connectivity index (χ1) is 6.31. The standard InChI is InChI=1S/C11H8N2/c1-2-9-3-5-10(6-4-9)11(7-12)8-13/h2-6,11H,1H2. The lowest BCUT2D eigenvalue weighted by Crippen LogP contribution is -1.90. The maximum atomic E-state index is 8.61. The second-order valence-electron chi connectivity index (χ2n) is 2.56. The number of nitriles is 2. The van der Waals surface area contributed by atoms with Crippen LogP contribution in [0.2, 0.25) is 0 Å². The lowest BCUT2D eigenvalue weighted by Gasteiger charge is -1.99. The predicted octanol–water partition coefficient (Wildman–Crippen LogP) is 2.46. The maximum Gasteiger partial charge on any atom is 0.158 e. The lowest BCUT2D eigenvalue weighted by atomic mass is 10.0. The molecule has 1 rings (SSSR count). The van der Waals surface area contributed by atoms with Gasteiger partial charge in [-0.1, -0.05) is 36.9 Å². The smallest absolute Gasteiger partial charge is 0.158 e. The molecule has 0 aliphatic carbocycles. The summed E-state index contributed by atoms with van der Waals surface area (Å²) in [4.78, 5) is 0. The van der Waals surface area contributed by atoms with E-state index in [2.05, 4.69) is 6.58 Å². The number of benzene rings is 1. The third-order valence-corrected chi connectivity index (χ3v) is 1.76. The van der Waals surface area contributed by atoms with E-state index in [0.717, 1.165) is 11.1 Å². The van der Waals surface area contributed by atoms with Crippen molar-refractivity contribution in [1.82, 2.24) is 0 Å². The lowest BCUT2D eigenvalue weighted by molar-refractivity contribution is 1.10. The molecule has 0 heterocycles. The highest BCUT2D eigenvalue weighted by Crippen LogP contribution is 2.14. The van der Waals surface area contributed by atoms with Crippen LogP contribution in [0, 0.1) is 22.7 Å². The summed E-state index contributed by atoms with van der Waals surface area (Å²) in [6.45, 7) is 3.62. The van der Waals surface area contributed by atoms with Gasteiger partial charge in [0.2, 0.25) is 0 Å². The van der Waals surface area contributed by atoms with E-state index in [4.69, 9.17) is 10.5 Å². The molecular formula is C11H8N2.